The van der Waals surface area contributed by atoms with Crippen molar-refractivity contribution in [3.63, 3.8) is 0 Å². The number of ether oxygens (including phenoxy) is 1. The van der Waals surface area contributed by atoms with Crippen LogP contribution in [-0.4, -0.2) is 35.6 Å². The van der Waals surface area contributed by atoms with Gasteiger partial charge in [-0.05, 0) is 26.2 Å². The number of piperidine rings is 1. The molecule has 2 heterocycles. The van der Waals surface area contributed by atoms with Crippen LogP contribution in [0, 0.1) is 6.92 Å². The number of hydrogen-bond donors (Lipinski definition) is 1. The van der Waals surface area contributed by atoms with E-state index >= 15 is 0 Å². The van der Waals surface area contributed by atoms with Crippen molar-refractivity contribution in [1.82, 2.24) is 9.78 Å². The SMILES string of the molecule is CCCOC1CCCN(c2c(N)c(C)nn2C)C1. The lowest BCUT2D eigenvalue weighted by Gasteiger charge is -2.34. The van der Waals surface area contributed by atoms with Crippen molar-refractivity contribution in [3.8, 4) is 0 Å². The van der Waals surface area contributed by atoms with Gasteiger partial charge in [-0.1, -0.05) is 6.92 Å². The zero-order chi connectivity index (χ0) is 13.1. The van der Waals surface area contributed by atoms with Crippen molar-refractivity contribution >= 4 is 11.5 Å². The number of rotatable bonds is 4. The summed E-state index contributed by atoms with van der Waals surface area (Å²) < 4.78 is 7.74. The van der Waals surface area contributed by atoms with E-state index in [1.807, 2.05) is 18.7 Å². The molecule has 0 spiro atoms. The van der Waals surface area contributed by atoms with Crippen molar-refractivity contribution in [2.24, 2.45) is 7.05 Å². The van der Waals surface area contributed by atoms with Crippen LogP contribution in [-0.2, 0) is 11.8 Å². The maximum Gasteiger partial charge on any atom is 0.150 e. The Labute approximate surface area is 109 Å². The van der Waals surface area contributed by atoms with Gasteiger partial charge in [-0.15, -0.1) is 0 Å². The third kappa shape index (κ3) is 2.61. The standard InChI is InChI=1S/C13H24N4O/c1-4-8-18-11-6-5-7-17(9-11)13-12(14)10(2)15-16(13)3/h11H,4-9,14H2,1-3H3. The molecule has 0 saturated carbocycles. The summed E-state index contributed by atoms with van der Waals surface area (Å²) in [4.78, 5) is 2.30. The van der Waals surface area contributed by atoms with Gasteiger partial charge in [0.1, 0.15) is 5.82 Å². The van der Waals surface area contributed by atoms with Gasteiger partial charge in [-0.2, -0.15) is 5.10 Å². The number of nitrogens with two attached hydrogens (primary N) is 1. The van der Waals surface area contributed by atoms with Crippen molar-refractivity contribution in [1.29, 1.82) is 0 Å². The van der Waals surface area contributed by atoms with Crippen LogP contribution >= 0.6 is 0 Å². The maximum atomic E-state index is 6.11. The average molecular weight is 252 g/mol. The smallest absolute Gasteiger partial charge is 0.150 e. The molecule has 0 amide bonds. The van der Waals surface area contributed by atoms with Gasteiger partial charge in [0.25, 0.3) is 0 Å². The zero-order valence-electron chi connectivity index (χ0n) is 11.6. The van der Waals surface area contributed by atoms with Crippen LogP contribution in [0.1, 0.15) is 31.9 Å². The largest absolute Gasteiger partial charge is 0.394 e. The highest BCUT2D eigenvalue weighted by Gasteiger charge is 2.24. The zero-order valence-corrected chi connectivity index (χ0v) is 11.6. The Bertz CT molecular complexity index is 402. The molecule has 0 aliphatic carbocycles. The Morgan fingerprint density at radius 3 is 2.89 bits per heavy atom. The summed E-state index contributed by atoms with van der Waals surface area (Å²) in [5, 5.41) is 4.38. The van der Waals surface area contributed by atoms with Gasteiger partial charge in [0.15, 0.2) is 0 Å². The third-order valence-corrected chi connectivity index (χ3v) is 3.47. The van der Waals surface area contributed by atoms with Gasteiger partial charge in [-0.25, -0.2) is 0 Å². The molecule has 1 aliphatic rings. The van der Waals surface area contributed by atoms with Crippen LogP contribution in [0.3, 0.4) is 0 Å². The van der Waals surface area contributed by atoms with Crippen molar-refractivity contribution in [3.05, 3.63) is 5.69 Å². The Morgan fingerprint density at radius 1 is 1.50 bits per heavy atom. The van der Waals surface area contributed by atoms with Crippen LogP contribution in [0.2, 0.25) is 0 Å². The van der Waals surface area contributed by atoms with Gasteiger partial charge in [-0.3, -0.25) is 4.68 Å². The molecule has 2 rings (SSSR count). The lowest BCUT2D eigenvalue weighted by Crippen LogP contribution is -2.41. The Morgan fingerprint density at radius 2 is 2.28 bits per heavy atom. The van der Waals surface area contributed by atoms with E-state index in [-0.39, 0.29) is 0 Å². The highest BCUT2D eigenvalue weighted by molar-refractivity contribution is 5.66. The summed E-state index contributed by atoms with van der Waals surface area (Å²) in [6, 6.07) is 0. The van der Waals surface area contributed by atoms with Gasteiger partial charge < -0.3 is 15.4 Å². The molecule has 1 aliphatic heterocycles. The minimum Gasteiger partial charge on any atom is -0.394 e. The van der Waals surface area contributed by atoms with Crippen LogP contribution < -0.4 is 10.6 Å². The topological polar surface area (TPSA) is 56.3 Å². The lowest BCUT2D eigenvalue weighted by molar-refractivity contribution is 0.0438. The van der Waals surface area contributed by atoms with E-state index in [9.17, 15) is 0 Å². The fraction of sp³-hybridized carbons (Fsp3) is 0.769. The average Bonchev–Trinajstić information content (AvgIpc) is 2.61. The van der Waals surface area contributed by atoms with Crippen molar-refractivity contribution in [2.45, 2.75) is 39.2 Å². The minimum atomic E-state index is 0.327. The molecular formula is C13H24N4O. The first-order chi connectivity index (χ1) is 8.63. The van der Waals surface area contributed by atoms with E-state index in [0.717, 1.165) is 56.2 Å². The number of hydrogen-bond acceptors (Lipinski definition) is 4. The number of anilines is 2. The molecule has 1 saturated heterocycles. The molecule has 1 atom stereocenters. The molecule has 1 unspecified atom stereocenters. The van der Waals surface area contributed by atoms with Crippen LogP contribution in [0.5, 0.6) is 0 Å². The van der Waals surface area contributed by atoms with Gasteiger partial charge in [0.05, 0.1) is 17.5 Å². The normalized spacial score (nSPS) is 20.4. The van der Waals surface area contributed by atoms with E-state index in [4.69, 9.17) is 10.5 Å². The Hall–Kier alpha value is -1.23. The molecule has 102 valence electrons. The number of aromatic nitrogens is 2. The van der Waals surface area contributed by atoms with Gasteiger partial charge in [0.2, 0.25) is 0 Å². The molecule has 0 aromatic carbocycles. The fourth-order valence-electron chi connectivity index (χ4n) is 2.59. The monoisotopic (exact) mass is 252 g/mol. The molecule has 5 heteroatoms. The predicted molar refractivity (Wildman–Crippen MR) is 73.8 cm³/mol. The summed E-state index contributed by atoms with van der Waals surface area (Å²) >= 11 is 0. The highest BCUT2D eigenvalue weighted by atomic mass is 16.5. The lowest BCUT2D eigenvalue weighted by atomic mass is 10.1. The van der Waals surface area contributed by atoms with E-state index in [0.29, 0.717) is 6.10 Å². The first-order valence-electron chi connectivity index (χ1n) is 6.79. The molecule has 5 nitrogen and oxygen atoms in total. The molecule has 1 aromatic heterocycles. The Kier molecular flexibility index (Phi) is 4.11. The number of aryl methyl sites for hydroxylation is 2. The van der Waals surface area contributed by atoms with Crippen LogP contribution in [0.4, 0.5) is 11.5 Å². The minimum absolute atomic E-state index is 0.327. The van der Waals surface area contributed by atoms with Crippen LogP contribution in [0.15, 0.2) is 0 Å². The maximum absolute atomic E-state index is 6.11. The van der Waals surface area contributed by atoms with Crippen molar-refractivity contribution in [2.75, 3.05) is 30.3 Å². The molecule has 2 N–H and O–H groups in total. The summed E-state index contributed by atoms with van der Waals surface area (Å²) in [6.45, 7) is 6.90. The number of nitrogen functional groups attached to an aromatic ring is 1. The first kappa shape index (κ1) is 13.2. The molecule has 1 fully saturated rings. The van der Waals surface area contributed by atoms with E-state index < -0.39 is 0 Å². The summed E-state index contributed by atoms with van der Waals surface area (Å²) in [7, 11) is 1.95. The molecule has 18 heavy (non-hydrogen) atoms. The second-order valence-corrected chi connectivity index (χ2v) is 5.03. The van der Waals surface area contributed by atoms with Crippen LogP contribution in [0.25, 0.3) is 0 Å². The molecule has 0 bridgehead atoms. The third-order valence-electron chi connectivity index (χ3n) is 3.47. The number of nitrogens with zero attached hydrogens (tertiary/aromatic N) is 3. The second kappa shape index (κ2) is 5.61. The molecule has 1 aromatic rings. The second-order valence-electron chi connectivity index (χ2n) is 5.03. The Balaban J connectivity index is 2.08. The first-order valence-corrected chi connectivity index (χ1v) is 6.79. The fourth-order valence-corrected chi connectivity index (χ4v) is 2.59. The highest BCUT2D eigenvalue weighted by Crippen LogP contribution is 2.28. The van der Waals surface area contributed by atoms with Gasteiger partial charge >= 0.3 is 0 Å². The predicted octanol–water partition coefficient (Wildman–Crippen LogP) is 1.71. The van der Waals surface area contributed by atoms with E-state index in [1.165, 1.54) is 0 Å². The van der Waals surface area contributed by atoms with Crippen molar-refractivity contribution < 1.29 is 4.74 Å². The van der Waals surface area contributed by atoms with E-state index in [1.54, 1.807) is 0 Å². The summed E-state index contributed by atoms with van der Waals surface area (Å²) in [5.41, 5.74) is 7.82. The summed E-state index contributed by atoms with van der Waals surface area (Å²) in [5.74, 6) is 1.04. The quantitative estimate of drug-likeness (QED) is 0.886. The molecule has 0 radical (unpaired) electrons. The van der Waals surface area contributed by atoms with Gasteiger partial charge in [0, 0.05) is 26.7 Å². The summed E-state index contributed by atoms with van der Waals surface area (Å²) in [6.07, 6.45) is 3.70. The molecular weight excluding hydrogens is 228 g/mol. The van der Waals surface area contributed by atoms with E-state index in [2.05, 4.69) is 16.9 Å².